The van der Waals surface area contributed by atoms with E-state index in [2.05, 4.69) is 9.72 Å². The second-order valence-corrected chi connectivity index (χ2v) is 6.88. The number of benzene rings is 1. The second-order valence-electron chi connectivity index (χ2n) is 6.88. The van der Waals surface area contributed by atoms with Gasteiger partial charge in [0.25, 0.3) is 5.91 Å². The van der Waals surface area contributed by atoms with Crippen molar-refractivity contribution in [3.8, 4) is 5.75 Å². The van der Waals surface area contributed by atoms with Gasteiger partial charge >= 0.3 is 18.6 Å². The van der Waals surface area contributed by atoms with Gasteiger partial charge in [0.15, 0.2) is 0 Å². The van der Waals surface area contributed by atoms with Crippen molar-refractivity contribution in [1.29, 1.82) is 0 Å². The van der Waals surface area contributed by atoms with Crippen molar-refractivity contribution in [2.45, 2.75) is 38.5 Å². The molecular weight excluding hydrogens is 394 g/mol. The first-order valence-electron chi connectivity index (χ1n) is 8.54. The number of amides is 3. The first-order chi connectivity index (χ1) is 13.5. The van der Waals surface area contributed by atoms with E-state index in [9.17, 15) is 27.2 Å². The molecule has 0 spiro atoms. The van der Waals surface area contributed by atoms with Crippen LogP contribution < -0.4 is 9.64 Å². The summed E-state index contributed by atoms with van der Waals surface area (Å²) in [5.74, 6) is -1.03. The van der Waals surface area contributed by atoms with Crippen molar-refractivity contribution in [3.63, 3.8) is 0 Å². The van der Waals surface area contributed by atoms with E-state index in [-0.39, 0.29) is 12.2 Å². The summed E-state index contributed by atoms with van der Waals surface area (Å²) < 4.78 is 54.5. The van der Waals surface area contributed by atoms with E-state index >= 15 is 0 Å². The Morgan fingerprint density at radius 1 is 1.07 bits per heavy atom. The molecule has 0 unspecified atom stereocenters. The lowest BCUT2D eigenvalue weighted by atomic mass is 10.0. The Bertz CT molecular complexity index is 905. The lowest BCUT2D eigenvalue weighted by Crippen LogP contribution is -2.43. The fraction of sp³-hybridized carbons (Fsp3) is 0.316. The lowest BCUT2D eigenvalue weighted by Gasteiger charge is -2.27. The highest BCUT2D eigenvalue weighted by Crippen LogP contribution is 2.35. The molecule has 1 aliphatic rings. The standard InChI is InChI=1S/C19H17F4N3O3/c1-18(2)16(27)26(17(28)25(18)11-12-7-9-24-10-8-12)13-3-5-14(6-4-13)29-19(22,23)15(20)21/h3-10,15H,11H2,1-2H3. The number of urea groups is 1. The molecule has 2 aromatic rings. The number of carbonyl (C=O) groups is 2. The maximum atomic E-state index is 13.0. The minimum Gasteiger partial charge on any atom is -0.428 e. The van der Waals surface area contributed by atoms with Crippen LogP contribution in [0.5, 0.6) is 5.75 Å². The van der Waals surface area contributed by atoms with Crippen molar-refractivity contribution < 1.29 is 31.9 Å². The molecule has 10 heteroatoms. The summed E-state index contributed by atoms with van der Waals surface area (Å²) >= 11 is 0. The van der Waals surface area contributed by atoms with Crippen LogP contribution in [0.4, 0.5) is 28.0 Å². The molecule has 0 aliphatic carbocycles. The Morgan fingerprint density at radius 2 is 1.66 bits per heavy atom. The van der Waals surface area contributed by atoms with E-state index in [1.165, 1.54) is 17.0 Å². The molecule has 0 atom stereocenters. The van der Waals surface area contributed by atoms with Crippen molar-refractivity contribution in [1.82, 2.24) is 9.88 Å². The van der Waals surface area contributed by atoms with E-state index in [4.69, 9.17) is 0 Å². The number of halogens is 4. The van der Waals surface area contributed by atoms with Gasteiger partial charge in [-0.05, 0) is 55.8 Å². The van der Waals surface area contributed by atoms with Crippen LogP contribution in [-0.4, -0.2) is 39.9 Å². The predicted octanol–water partition coefficient (Wildman–Crippen LogP) is 4.07. The zero-order valence-electron chi connectivity index (χ0n) is 15.5. The van der Waals surface area contributed by atoms with Gasteiger partial charge in [-0.1, -0.05) is 0 Å². The molecule has 1 aliphatic heterocycles. The molecule has 3 amide bonds. The number of alkyl halides is 4. The van der Waals surface area contributed by atoms with Crippen molar-refractivity contribution in [2.75, 3.05) is 4.90 Å². The van der Waals surface area contributed by atoms with Gasteiger partial charge in [0.1, 0.15) is 11.3 Å². The van der Waals surface area contributed by atoms with E-state index in [0.29, 0.717) is 0 Å². The molecule has 0 N–H and O–H groups in total. The Morgan fingerprint density at radius 3 is 2.21 bits per heavy atom. The quantitative estimate of drug-likeness (QED) is 0.531. The van der Waals surface area contributed by atoms with Crippen molar-refractivity contribution >= 4 is 17.6 Å². The maximum Gasteiger partial charge on any atom is 0.461 e. The van der Waals surface area contributed by atoms with E-state index in [1.54, 1.807) is 38.4 Å². The Balaban J connectivity index is 1.83. The van der Waals surface area contributed by atoms with Crippen LogP contribution in [0.25, 0.3) is 0 Å². The number of carbonyl (C=O) groups excluding carboxylic acids is 2. The fourth-order valence-electron chi connectivity index (χ4n) is 2.86. The van der Waals surface area contributed by atoms with Crippen molar-refractivity contribution in [3.05, 3.63) is 54.4 Å². The smallest absolute Gasteiger partial charge is 0.428 e. The molecule has 3 rings (SSSR count). The fourth-order valence-corrected chi connectivity index (χ4v) is 2.86. The highest BCUT2D eigenvalue weighted by molar-refractivity contribution is 6.22. The summed E-state index contributed by atoms with van der Waals surface area (Å²) in [7, 11) is 0. The van der Waals surface area contributed by atoms with Gasteiger partial charge in [-0.3, -0.25) is 9.78 Å². The number of hydrogen-bond donors (Lipinski definition) is 0. The average molecular weight is 411 g/mol. The van der Waals surface area contributed by atoms with Gasteiger partial charge in [-0.2, -0.15) is 17.6 Å². The van der Waals surface area contributed by atoms with Crippen LogP contribution >= 0.6 is 0 Å². The normalized spacial score (nSPS) is 16.7. The largest absolute Gasteiger partial charge is 0.461 e. The zero-order chi connectivity index (χ0) is 21.4. The summed E-state index contributed by atoms with van der Waals surface area (Å²) in [6, 6.07) is 7.17. The van der Waals surface area contributed by atoms with Crippen molar-refractivity contribution in [2.24, 2.45) is 0 Å². The number of nitrogens with zero attached hydrogens (tertiary/aromatic N) is 3. The van der Waals surface area contributed by atoms with E-state index in [0.717, 1.165) is 22.6 Å². The van der Waals surface area contributed by atoms with Gasteiger partial charge in [-0.25, -0.2) is 9.69 Å². The number of pyridine rings is 1. The summed E-state index contributed by atoms with van der Waals surface area (Å²) in [5.41, 5.74) is -0.273. The number of imide groups is 1. The molecule has 1 aromatic heterocycles. The number of anilines is 1. The molecule has 1 fully saturated rings. The third-order valence-electron chi connectivity index (χ3n) is 4.52. The first kappa shape index (κ1) is 20.6. The molecular formula is C19H17F4N3O3. The molecule has 154 valence electrons. The van der Waals surface area contributed by atoms with Gasteiger partial charge in [0.05, 0.1) is 5.69 Å². The summed E-state index contributed by atoms with van der Waals surface area (Å²) in [4.78, 5) is 31.9. The van der Waals surface area contributed by atoms with Gasteiger partial charge < -0.3 is 9.64 Å². The molecule has 2 heterocycles. The third kappa shape index (κ3) is 3.87. The number of ether oxygens (including phenoxy) is 1. The zero-order valence-corrected chi connectivity index (χ0v) is 15.5. The number of aromatic nitrogens is 1. The maximum absolute atomic E-state index is 13.0. The lowest BCUT2D eigenvalue weighted by molar-refractivity contribution is -0.253. The minimum atomic E-state index is -4.65. The summed E-state index contributed by atoms with van der Waals surface area (Å²) in [6.07, 6.45) is -5.51. The van der Waals surface area contributed by atoms with Gasteiger partial charge in [0, 0.05) is 18.9 Å². The average Bonchev–Trinajstić information content (AvgIpc) is 2.83. The molecule has 0 radical (unpaired) electrons. The highest BCUT2D eigenvalue weighted by Gasteiger charge is 2.51. The number of hydrogen-bond acceptors (Lipinski definition) is 4. The molecule has 0 bridgehead atoms. The highest BCUT2D eigenvalue weighted by atomic mass is 19.3. The minimum absolute atomic E-state index is 0.109. The van der Waals surface area contributed by atoms with E-state index < -0.39 is 35.8 Å². The summed E-state index contributed by atoms with van der Waals surface area (Å²) in [6.45, 7) is 3.35. The monoisotopic (exact) mass is 411 g/mol. The molecule has 29 heavy (non-hydrogen) atoms. The molecule has 0 saturated carbocycles. The Kier molecular flexibility index (Phi) is 5.20. The molecule has 1 aromatic carbocycles. The Hall–Kier alpha value is -3.17. The van der Waals surface area contributed by atoms with Crippen LogP contribution in [0, 0.1) is 0 Å². The SMILES string of the molecule is CC1(C)C(=O)N(c2ccc(OC(F)(F)C(F)F)cc2)C(=O)N1Cc1ccncc1. The first-order valence-corrected chi connectivity index (χ1v) is 8.54. The van der Waals surface area contributed by atoms with Crippen LogP contribution in [-0.2, 0) is 11.3 Å². The Labute approximate surface area is 163 Å². The van der Waals surface area contributed by atoms with Crippen LogP contribution in [0.2, 0.25) is 0 Å². The summed E-state index contributed by atoms with van der Waals surface area (Å²) in [5, 5.41) is 0. The van der Waals surface area contributed by atoms with Crippen LogP contribution in [0.3, 0.4) is 0 Å². The molecule has 1 saturated heterocycles. The van der Waals surface area contributed by atoms with Gasteiger partial charge in [-0.15, -0.1) is 0 Å². The predicted molar refractivity (Wildman–Crippen MR) is 94.8 cm³/mol. The van der Waals surface area contributed by atoms with Gasteiger partial charge in [0.2, 0.25) is 0 Å². The number of rotatable bonds is 6. The topological polar surface area (TPSA) is 62.7 Å². The third-order valence-corrected chi connectivity index (χ3v) is 4.52. The molecule has 6 nitrogen and oxygen atoms in total. The second kappa shape index (κ2) is 7.34. The van der Waals surface area contributed by atoms with E-state index in [1.807, 2.05) is 0 Å². The van der Waals surface area contributed by atoms with Crippen LogP contribution in [0.1, 0.15) is 19.4 Å². The van der Waals surface area contributed by atoms with Crippen LogP contribution in [0.15, 0.2) is 48.8 Å².